The molecular formula is C11H9Cl3N2S. The second kappa shape index (κ2) is 5.44. The Hall–Kier alpha value is -0.480. The first-order valence-corrected chi connectivity index (χ1v) is 6.87. The van der Waals surface area contributed by atoms with Gasteiger partial charge in [-0.15, -0.1) is 11.3 Å². The molecule has 0 atom stereocenters. The Morgan fingerprint density at radius 2 is 1.88 bits per heavy atom. The van der Waals surface area contributed by atoms with Crippen molar-refractivity contribution in [3.8, 4) is 0 Å². The molecule has 1 N–H and O–H groups in total. The fourth-order valence-corrected chi connectivity index (χ4v) is 2.94. The molecule has 1 aromatic carbocycles. The lowest BCUT2D eigenvalue weighted by molar-refractivity contribution is 1.05. The predicted octanol–water partition coefficient (Wildman–Crippen LogP) is 5.02. The van der Waals surface area contributed by atoms with Crippen LogP contribution in [0, 0.1) is 6.92 Å². The summed E-state index contributed by atoms with van der Waals surface area (Å²) in [5, 5.41) is 7.74. The van der Waals surface area contributed by atoms with Crippen molar-refractivity contribution in [2.24, 2.45) is 0 Å². The van der Waals surface area contributed by atoms with E-state index in [2.05, 4.69) is 10.3 Å². The second-order valence-electron chi connectivity index (χ2n) is 3.46. The van der Waals surface area contributed by atoms with Crippen molar-refractivity contribution in [2.45, 2.75) is 13.5 Å². The minimum Gasteiger partial charge on any atom is -0.377 e. The molecule has 0 amide bonds. The molecule has 6 heteroatoms. The number of aromatic nitrogens is 1. The molecular weight excluding hydrogens is 299 g/mol. The van der Waals surface area contributed by atoms with E-state index in [0.29, 0.717) is 27.3 Å². The van der Waals surface area contributed by atoms with Crippen molar-refractivity contribution in [3.63, 3.8) is 0 Å². The van der Waals surface area contributed by atoms with Gasteiger partial charge in [0.2, 0.25) is 0 Å². The lowest BCUT2D eigenvalue weighted by Gasteiger charge is -2.09. The number of nitrogens with zero attached hydrogens (tertiary/aromatic N) is 1. The highest BCUT2D eigenvalue weighted by Gasteiger charge is 2.08. The minimum atomic E-state index is 0.509. The van der Waals surface area contributed by atoms with Crippen molar-refractivity contribution in [3.05, 3.63) is 43.3 Å². The Kier molecular flexibility index (Phi) is 4.15. The van der Waals surface area contributed by atoms with Crippen molar-refractivity contribution in [2.75, 3.05) is 5.32 Å². The summed E-state index contributed by atoms with van der Waals surface area (Å²) in [6.07, 6.45) is 0. The van der Waals surface area contributed by atoms with Crippen LogP contribution in [-0.4, -0.2) is 4.98 Å². The summed E-state index contributed by atoms with van der Waals surface area (Å²) < 4.78 is 0. The van der Waals surface area contributed by atoms with Crippen LogP contribution in [0.15, 0.2) is 17.5 Å². The summed E-state index contributed by atoms with van der Waals surface area (Å²) in [6, 6.07) is 3.31. The van der Waals surface area contributed by atoms with Gasteiger partial charge in [0.15, 0.2) is 0 Å². The molecule has 2 rings (SSSR count). The molecule has 0 aliphatic carbocycles. The fraction of sp³-hybridized carbons (Fsp3) is 0.182. The number of rotatable bonds is 3. The monoisotopic (exact) mass is 306 g/mol. The topological polar surface area (TPSA) is 24.9 Å². The van der Waals surface area contributed by atoms with Crippen molar-refractivity contribution in [1.29, 1.82) is 0 Å². The third kappa shape index (κ3) is 3.26. The quantitative estimate of drug-likeness (QED) is 0.861. The third-order valence-electron chi connectivity index (χ3n) is 2.12. The Morgan fingerprint density at radius 1 is 1.24 bits per heavy atom. The molecule has 0 unspecified atom stereocenters. The first kappa shape index (κ1) is 13.0. The number of hydrogen-bond donors (Lipinski definition) is 1. The Bertz CT molecular complexity index is 516. The van der Waals surface area contributed by atoms with E-state index >= 15 is 0 Å². The number of aryl methyl sites for hydroxylation is 1. The molecule has 0 spiro atoms. The van der Waals surface area contributed by atoms with Crippen LogP contribution < -0.4 is 5.32 Å². The van der Waals surface area contributed by atoms with Gasteiger partial charge in [0.25, 0.3) is 0 Å². The maximum Gasteiger partial charge on any atom is 0.0898 e. The molecule has 1 aromatic heterocycles. The zero-order valence-electron chi connectivity index (χ0n) is 8.93. The molecule has 0 bridgehead atoms. The summed E-state index contributed by atoms with van der Waals surface area (Å²) in [7, 11) is 0. The van der Waals surface area contributed by atoms with Crippen LogP contribution in [0.5, 0.6) is 0 Å². The largest absolute Gasteiger partial charge is 0.377 e. The van der Waals surface area contributed by atoms with Crippen LogP contribution in [-0.2, 0) is 6.54 Å². The molecule has 90 valence electrons. The van der Waals surface area contributed by atoms with Crippen LogP contribution in [0.4, 0.5) is 5.69 Å². The highest BCUT2D eigenvalue weighted by Crippen LogP contribution is 2.33. The number of hydrogen-bond acceptors (Lipinski definition) is 3. The Balaban J connectivity index is 2.14. The summed E-state index contributed by atoms with van der Waals surface area (Å²) in [5.41, 5.74) is 1.65. The zero-order chi connectivity index (χ0) is 12.4. The lowest BCUT2D eigenvalue weighted by Crippen LogP contribution is -2.01. The third-order valence-corrected chi connectivity index (χ3v) is 3.76. The van der Waals surface area contributed by atoms with Gasteiger partial charge in [-0.3, -0.25) is 0 Å². The average Bonchev–Trinajstić information content (AvgIpc) is 2.62. The van der Waals surface area contributed by atoms with E-state index < -0.39 is 0 Å². The molecule has 0 radical (unpaired) electrons. The summed E-state index contributed by atoms with van der Waals surface area (Å²) in [4.78, 5) is 4.35. The SMILES string of the molecule is Cc1nc(CNc2c(Cl)cc(Cl)cc2Cl)cs1. The molecule has 0 saturated heterocycles. The van der Waals surface area contributed by atoms with Gasteiger partial charge in [0, 0.05) is 10.4 Å². The van der Waals surface area contributed by atoms with Crippen LogP contribution >= 0.6 is 46.1 Å². The van der Waals surface area contributed by atoms with E-state index in [1.54, 1.807) is 23.5 Å². The lowest BCUT2D eigenvalue weighted by atomic mass is 10.3. The van der Waals surface area contributed by atoms with Crippen LogP contribution in [0.3, 0.4) is 0 Å². The second-order valence-corrected chi connectivity index (χ2v) is 5.77. The molecule has 2 aromatic rings. The van der Waals surface area contributed by atoms with Gasteiger partial charge < -0.3 is 5.32 Å². The number of thiazole rings is 1. The van der Waals surface area contributed by atoms with Crippen LogP contribution in [0.25, 0.3) is 0 Å². The summed E-state index contributed by atoms with van der Waals surface area (Å²) >= 11 is 19.6. The van der Waals surface area contributed by atoms with E-state index in [1.807, 2.05) is 12.3 Å². The summed E-state index contributed by atoms with van der Waals surface area (Å²) in [6.45, 7) is 2.56. The van der Waals surface area contributed by atoms with Gasteiger partial charge in [-0.25, -0.2) is 4.98 Å². The highest BCUT2D eigenvalue weighted by molar-refractivity contribution is 7.09. The molecule has 0 fully saturated rings. The van der Waals surface area contributed by atoms with E-state index in [0.717, 1.165) is 10.7 Å². The average molecular weight is 308 g/mol. The fourth-order valence-electron chi connectivity index (χ4n) is 1.38. The predicted molar refractivity (Wildman–Crippen MR) is 75.6 cm³/mol. The van der Waals surface area contributed by atoms with E-state index in [9.17, 15) is 0 Å². The van der Waals surface area contributed by atoms with Gasteiger partial charge in [0.05, 0.1) is 33.0 Å². The summed E-state index contributed by atoms with van der Waals surface area (Å²) in [5.74, 6) is 0. The number of nitrogens with one attached hydrogen (secondary N) is 1. The van der Waals surface area contributed by atoms with E-state index in [1.165, 1.54) is 0 Å². The van der Waals surface area contributed by atoms with Crippen LogP contribution in [0.1, 0.15) is 10.7 Å². The standard InChI is InChI=1S/C11H9Cl3N2S/c1-6-16-8(5-17-6)4-15-11-9(13)2-7(12)3-10(11)14/h2-3,5,15H,4H2,1H3. The van der Waals surface area contributed by atoms with Gasteiger partial charge in [-0.05, 0) is 19.1 Å². The minimum absolute atomic E-state index is 0.509. The number of benzene rings is 1. The van der Waals surface area contributed by atoms with Gasteiger partial charge >= 0.3 is 0 Å². The van der Waals surface area contributed by atoms with Crippen molar-refractivity contribution < 1.29 is 0 Å². The van der Waals surface area contributed by atoms with Crippen molar-refractivity contribution in [1.82, 2.24) is 4.98 Å². The highest BCUT2D eigenvalue weighted by atomic mass is 35.5. The van der Waals surface area contributed by atoms with Crippen LogP contribution in [0.2, 0.25) is 15.1 Å². The molecule has 17 heavy (non-hydrogen) atoms. The van der Waals surface area contributed by atoms with Gasteiger partial charge in [-0.2, -0.15) is 0 Å². The van der Waals surface area contributed by atoms with Gasteiger partial charge in [-0.1, -0.05) is 34.8 Å². The first-order chi connectivity index (χ1) is 8.06. The normalized spacial score (nSPS) is 10.6. The zero-order valence-corrected chi connectivity index (χ0v) is 12.0. The maximum absolute atomic E-state index is 6.06. The smallest absolute Gasteiger partial charge is 0.0898 e. The molecule has 0 aliphatic rings. The first-order valence-electron chi connectivity index (χ1n) is 4.85. The molecule has 0 saturated carbocycles. The number of anilines is 1. The van der Waals surface area contributed by atoms with Crippen molar-refractivity contribution >= 4 is 51.8 Å². The maximum atomic E-state index is 6.06. The van der Waals surface area contributed by atoms with Gasteiger partial charge in [0.1, 0.15) is 0 Å². The molecule has 2 nitrogen and oxygen atoms in total. The number of halogens is 3. The Labute approximate surface area is 119 Å². The Morgan fingerprint density at radius 3 is 2.41 bits per heavy atom. The van der Waals surface area contributed by atoms with E-state index in [-0.39, 0.29) is 0 Å². The van der Waals surface area contributed by atoms with E-state index in [4.69, 9.17) is 34.8 Å². The molecule has 0 aliphatic heterocycles. The molecule has 1 heterocycles.